The van der Waals surface area contributed by atoms with Crippen LogP contribution in [-0.2, 0) is 0 Å². The Morgan fingerprint density at radius 3 is 2.14 bits per heavy atom. The van der Waals surface area contributed by atoms with Crippen molar-refractivity contribution >= 4 is 23.1 Å². The molecule has 0 atom stereocenters. The van der Waals surface area contributed by atoms with Gasteiger partial charge < -0.3 is 16.4 Å². The van der Waals surface area contributed by atoms with Crippen LogP contribution in [-0.4, -0.2) is 6.03 Å². The van der Waals surface area contributed by atoms with Gasteiger partial charge in [0.25, 0.3) is 0 Å². The molecule has 2 rings (SSSR count). The van der Waals surface area contributed by atoms with E-state index in [9.17, 15) is 22.4 Å². The monoisotopic (exact) mass is 299 g/mol. The molecule has 8 heteroatoms. The van der Waals surface area contributed by atoms with Gasteiger partial charge in [-0.2, -0.15) is 0 Å². The van der Waals surface area contributed by atoms with Crippen molar-refractivity contribution in [1.82, 2.24) is 0 Å². The van der Waals surface area contributed by atoms with Crippen LogP contribution in [0.25, 0.3) is 0 Å². The first kappa shape index (κ1) is 14.6. The molecular weight excluding hydrogens is 290 g/mol. The summed E-state index contributed by atoms with van der Waals surface area (Å²) in [7, 11) is 0. The number of halogens is 4. The molecule has 0 aliphatic rings. The minimum atomic E-state index is -1.70. The van der Waals surface area contributed by atoms with Gasteiger partial charge in [-0.05, 0) is 18.2 Å². The number of nitrogens with one attached hydrogen (secondary N) is 2. The third-order valence-electron chi connectivity index (χ3n) is 2.49. The average Bonchev–Trinajstić information content (AvgIpc) is 2.41. The van der Waals surface area contributed by atoms with Crippen molar-refractivity contribution in [1.29, 1.82) is 0 Å². The molecule has 0 saturated heterocycles. The third kappa shape index (κ3) is 3.22. The molecule has 0 radical (unpaired) electrons. The summed E-state index contributed by atoms with van der Waals surface area (Å²) in [5.74, 6) is -6.63. The average molecular weight is 299 g/mol. The lowest BCUT2D eigenvalue weighted by molar-refractivity contribution is 0.262. The van der Waals surface area contributed by atoms with Gasteiger partial charge in [0.2, 0.25) is 0 Å². The van der Waals surface area contributed by atoms with Gasteiger partial charge in [0, 0.05) is 17.4 Å². The summed E-state index contributed by atoms with van der Waals surface area (Å²) in [6, 6.07) is 4.92. The fraction of sp³-hybridized carbons (Fsp3) is 0. The smallest absolute Gasteiger partial charge is 0.323 e. The van der Waals surface area contributed by atoms with Crippen molar-refractivity contribution < 1.29 is 22.4 Å². The summed E-state index contributed by atoms with van der Waals surface area (Å²) in [5.41, 5.74) is 4.86. The standard InChI is InChI=1S/C13H9F4N3O/c14-8-5-9(15)11(17)12(10(8)16)20-13(21)19-7-3-1-2-6(18)4-7/h1-5H,18H2,(H2,19,20,21). The largest absolute Gasteiger partial charge is 0.399 e. The minimum Gasteiger partial charge on any atom is -0.399 e. The third-order valence-corrected chi connectivity index (χ3v) is 2.49. The number of carbonyl (C=O) groups excluding carboxylic acids is 1. The Morgan fingerprint density at radius 2 is 1.57 bits per heavy atom. The van der Waals surface area contributed by atoms with Gasteiger partial charge in [0.1, 0.15) is 5.69 Å². The molecule has 0 fully saturated rings. The van der Waals surface area contributed by atoms with E-state index in [1.807, 2.05) is 0 Å². The van der Waals surface area contributed by atoms with E-state index < -0.39 is 35.0 Å². The summed E-state index contributed by atoms with van der Waals surface area (Å²) in [6.07, 6.45) is 0. The van der Waals surface area contributed by atoms with Crippen molar-refractivity contribution in [2.45, 2.75) is 0 Å². The first-order chi connectivity index (χ1) is 9.88. The number of carbonyl (C=O) groups is 1. The predicted octanol–water partition coefficient (Wildman–Crippen LogP) is 3.47. The lowest BCUT2D eigenvalue weighted by atomic mass is 10.2. The van der Waals surface area contributed by atoms with E-state index in [0.29, 0.717) is 5.69 Å². The Bertz CT molecular complexity index is 680. The predicted molar refractivity (Wildman–Crippen MR) is 69.8 cm³/mol. The Hall–Kier alpha value is -2.77. The minimum absolute atomic E-state index is 0.0473. The molecule has 2 aromatic carbocycles. The van der Waals surface area contributed by atoms with Crippen LogP contribution in [0.1, 0.15) is 0 Å². The Balaban J connectivity index is 2.21. The van der Waals surface area contributed by atoms with E-state index in [1.165, 1.54) is 18.2 Å². The maximum Gasteiger partial charge on any atom is 0.323 e. The molecule has 0 bridgehead atoms. The molecule has 4 nitrogen and oxygen atoms in total. The number of amides is 2. The van der Waals surface area contributed by atoms with E-state index in [1.54, 1.807) is 11.4 Å². The number of hydrogen-bond donors (Lipinski definition) is 3. The second-order valence-electron chi connectivity index (χ2n) is 4.05. The highest BCUT2D eigenvalue weighted by Crippen LogP contribution is 2.24. The highest BCUT2D eigenvalue weighted by atomic mass is 19.2. The number of anilines is 3. The molecule has 0 aliphatic heterocycles. The van der Waals surface area contributed by atoms with Gasteiger partial charge in [0.15, 0.2) is 23.3 Å². The van der Waals surface area contributed by atoms with Crippen LogP contribution in [0.15, 0.2) is 30.3 Å². The van der Waals surface area contributed by atoms with Crippen molar-refractivity contribution in [3.05, 3.63) is 53.6 Å². The molecule has 0 saturated carbocycles. The fourth-order valence-electron chi connectivity index (χ4n) is 1.58. The maximum atomic E-state index is 13.4. The van der Waals surface area contributed by atoms with E-state index in [2.05, 4.69) is 5.32 Å². The van der Waals surface area contributed by atoms with Gasteiger partial charge in [-0.15, -0.1) is 0 Å². The van der Waals surface area contributed by atoms with E-state index >= 15 is 0 Å². The number of nitrogen functional groups attached to an aromatic ring is 1. The summed E-state index contributed by atoms with van der Waals surface area (Å²) in [6.45, 7) is 0. The highest BCUT2D eigenvalue weighted by Gasteiger charge is 2.20. The molecule has 0 unspecified atom stereocenters. The zero-order chi connectivity index (χ0) is 15.6. The molecule has 0 heterocycles. The highest BCUT2D eigenvalue weighted by molar-refractivity contribution is 6.00. The van der Waals surface area contributed by atoms with Crippen molar-refractivity contribution in [3.8, 4) is 0 Å². The second-order valence-corrected chi connectivity index (χ2v) is 4.05. The molecule has 0 spiro atoms. The van der Waals surface area contributed by atoms with Gasteiger partial charge in [0.05, 0.1) is 0 Å². The van der Waals surface area contributed by atoms with Gasteiger partial charge in [-0.25, -0.2) is 22.4 Å². The zero-order valence-corrected chi connectivity index (χ0v) is 10.4. The Morgan fingerprint density at radius 1 is 0.952 bits per heavy atom. The number of nitrogens with two attached hydrogens (primary N) is 1. The van der Waals surface area contributed by atoms with Crippen molar-refractivity contribution in [2.24, 2.45) is 0 Å². The first-order valence-electron chi connectivity index (χ1n) is 5.65. The molecule has 110 valence electrons. The van der Waals surface area contributed by atoms with E-state index in [0.717, 1.165) is 0 Å². The Kier molecular flexibility index (Phi) is 3.97. The zero-order valence-electron chi connectivity index (χ0n) is 10.4. The topological polar surface area (TPSA) is 67.1 Å². The van der Waals surface area contributed by atoms with Gasteiger partial charge >= 0.3 is 6.03 Å². The molecule has 2 amide bonds. The Labute approximate surface area is 116 Å². The van der Waals surface area contributed by atoms with Gasteiger partial charge in [-0.1, -0.05) is 6.07 Å². The summed E-state index contributed by atoms with van der Waals surface area (Å²) in [5, 5.41) is 3.92. The summed E-state index contributed by atoms with van der Waals surface area (Å²) >= 11 is 0. The van der Waals surface area contributed by atoms with E-state index in [4.69, 9.17) is 5.73 Å². The lowest BCUT2D eigenvalue weighted by Crippen LogP contribution is -2.21. The number of hydrogen-bond acceptors (Lipinski definition) is 2. The van der Waals surface area contributed by atoms with Crippen molar-refractivity contribution in [2.75, 3.05) is 16.4 Å². The molecule has 21 heavy (non-hydrogen) atoms. The second kappa shape index (κ2) is 5.70. The van der Waals surface area contributed by atoms with Crippen LogP contribution in [0.2, 0.25) is 0 Å². The van der Waals surface area contributed by atoms with Crippen molar-refractivity contribution in [3.63, 3.8) is 0 Å². The van der Waals surface area contributed by atoms with Crippen LogP contribution in [0, 0.1) is 23.3 Å². The van der Waals surface area contributed by atoms with Gasteiger partial charge in [-0.3, -0.25) is 0 Å². The fourth-order valence-corrected chi connectivity index (χ4v) is 1.58. The first-order valence-corrected chi connectivity index (χ1v) is 5.65. The number of rotatable bonds is 2. The maximum absolute atomic E-state index is 13.4. The number of urea groups is 1. The summed E-state index contributed by atoms with van der Waals surface area (Å²) in [4.78, 5) is 11.6. The summed E-state index contributed by atoms with van der Waals surface area (Å²) < 4.78 is 52.7. The molecule has 4 N–H and O–H groups in total. The van der Waals surface area contributed by atoms with Crippen LogP contribution >= 0.6 is 0 Å². The van der Waals surface area contributed by atoms with Crippen LogP contribution < -0.4 is 16.4 Å². The van der Waals surface area contributed by atoms with Crippen LogP contribution in [0.5, 0.6) is 0 Å². The quantitative estimate of drug-likeness (QED) is 0.451. The lowest BCUT2D eigenvalue weighted by Gasteiger charge is -2.10. The number of benzene rings is 2. The molecule has 0 aliphatic carbocycles. The normalized spacial score (nSPS) is 10.3. The molecular formula is C13H9F4N3O. The molecule has 2 aromatic rings. The molecule has 0 aromatic heterocycles. The van der Waals surface area contributed by atoms with Crippen LogP contribution in [0.3, 0.4) is 0 Å². The van der Waals surface area contributed by atoms with E-state index in [-0.39, 0.29) is 11.8 Å². The van der Waals surface area contributed by atoms with Crippen LogP contribution in [0.4, 0.5) is 39.4 Å². The SMILES string of the molecule is Nc1cccc(NC(=O)Nc2c(F)c(F)cc(F)c2F)c1.